The maximum atomic E-state index is 5.87. The summed E-state index contributed by atoms with van der Waals surface area (Å²) in [5.41, 5.74) is 1.27. The van der Waals surface area contributed by atoms with E-state index in [0.717, 1.165) is 13.0 Å². The number of methoxy groups -OCH3 is 1. The third-order valence-corrected chi connectivity index (χ3v) is 3.96. The van der Waals surface area contributed by atoms with E-state index in [1.807, 2.05) is 19.4 Å². The van der Waals surface area contributed by atoms with Gasteiger partial charge in [0, 0.05) is 13.2 Å². The van der Waals surface area contributed by atoms with E-state index < -0.39 is 0 Å². The zero-order valence-electron chi connectivity index (χ0n) is 10.9. The molecule has 1 fully saturated rings. The van der Waals surface area contributed by atoms with Gasteiger partial charge in [0.25, 0.3) is 0 Å². The summed E-state index contributed by atoms with van der Waals surface area (Å²) in [5.74, 6) is 0. The third kappa shape index (κ3) is 2.72. The molecular weight excluding hydrogens is 214 g/mol. The van der Waals surface area contributed by atoms with Crippen LogP contribution in [0.4, 0.5) is 0 Å². The first-order valence-electron chi connectivity index (χ1n) is 6.60. The molecule has 0 amide bonds. The first kappa shape index (κ1) is 12.7. The van der Waals surface area contributed by atoms with Gasteiger partial charge < -0.3 is 14.5 Å². The second kappa shape index (κ2) is 5.69. The highest BCUT2D eigenvalue weighted by atomic mass is 16.5. The van der Waals surface area contributed by atoms with Crippen LogP contribution in [0.2, 0.25) is 0 Å². The van der Waals surface area contributed by atoms with Crippen molar-refractivity contribution in [1.82, 2.24) is 5.32 Å². The summed E-state index contributed by atoms with van der Waals surface area (Å²) in [6, 6.07) is 2.43. The van der Waals surface area contributed by atoms with Gasteiger partial charge in [0.1, 0.15) is 0 Å². The van der Waals surface area contributed by atoms with Crippen LogP contribution in [0.5, 0.6) is 0 Å². The lowest BCUT2D eigenvalue weighted by atomic mass is 9.88. The largest absolute Gasteiger partial charge is 0.472 e. The van der Waals surface area contributed by atoms with Crippen molar-refractivity contribution in [3.63, 3.8) is 0 Å². The van der Waals surface area contributed by atoms with Crippen molar-refractivity contribution in [1.29, 1.82) is 0 Å². The topological polar surface area (TPSA) is 34.4 Å². The highest BCUT2D eigenvalue weighted by Gasteiger charge is 2.41. The van der Waals surface area contributed by atoms with Crippen LogP contribution >= 0.6 is 0 Å². The second-order valence-corrected chi connectivity index (χ2v) is 4.92. The van der Waals surface area contributed by atoms with E-state index in [1.54, 1.807) is 6.26 Å². The first-order chi connectivity index (χ1) is 8.30. The molecule has 1 saturated carbocycles. The van der Waals surface area contributed by atoms with Crippen LogP contribution in [-0.4, -0.2) is 25.3 Å². The summed E-state index contributed by atoms with van der Waals surface area (Å²) in [7, 11) is 1.85. The summed E-state index contributed by atoms with van der Waals surface area (Å²) in [6.45, 7) is 3.13. The number of hydrogen-bond donors (Lipinski definition) is 1. The van der Waals surface area contributed by atoms with E-state index in [-0.39, 0.29) is 5.60 Å². The first-order valence-corrected chi connectivity index (χ1v) is 6.60. The Labute approximate surface area is 104 Å². The van der Waals surface area contributed by atoms with Crippen LogP contribution in [0.25, 0.3) is 0 Å². The number of likely N-dealkylation sites (N-methyl/N-ethyl adjacent to an activating group) is 1. The van der Waals surface area contributed by atoms with Crippen LogP contribution in [0.15, 0.2) is 23.0 Å². The maximum Gasteiger partial charge on any atom is 0.0935 e. The lowest BCUT2D eigenvalue weighted by Crippen LogP contribution is -2.51. The summed E-state index contributed by atoms with van der Waals surface area (Å²) >= 11 is 0. The molecule has 17 heavy (non-hydrogen) atoms. The van der Waals surface area contributed by atoms with E-state index in [0.29, 0.717) is 6.04 Å². The van der Waals surface area contributed by atoms with Gasteiger partial charge in [-0.15, -0.1) is 0 Å². The molecule has 0 bridgehead atoms. The van der Waals surface area contributed by atoms with Gasteiger partial charge in [0.2, 0.25) is 0 Å². The van der Waals surface area contributed by atoms with Crippen molar-refractivity contribution in [3.05, 3.63) is 24.2 Å². The molecule has 1 aromatic rings. The molecule has 0 spiro atoms. The summed E-state index contributed by atoms with van der Waals surface area (Å²) in [4.78, 5) is 0. The molecular formula is C14H23NO2. The maximum absolute atomic E-state index is 5.87. The van der Waals surface area contributed by atoms with Crippen LogP contribution in [0, 0.1) is 0 Å². The van der Waals surface area contributed by atoms with Crippen LogP contribution in [-0.2, 0) is 11.2 Å². The zero-order chi connectivity index (χ0) is 12.1. The van der Waals surface area contributed by atoms with Crippen molar-refractivity contribution in [2.75, 3.05) is 13.7 Å². The van der Waals surface area contributed by atoms with Gasteiger partial charge in [-0.3, -0.25) is 0 Å². The fourth-order valence-corrected chi connectivity index (χ4v) is 3.00. The van der Waals surface area contributed by atoms with Crippen LogP contribution in [0.1, 0.15) is 38.2 Å². The Bertz CT molecular complexity index is 315. The smallest absolute Gasteiger partial charge is 0.0935 e. The quantitative estimate of drug-likeness (QED) is 0.826. The van der Waals surface area contributed by atoms with Crippen molar-refractivity contribution >= 4 is 0 Å². The number of ether oxygens (including phenoxy) is 1. The molecule has 0 aliphatic heterocycles. The van der Waals surface area contributed by atoms with Gasteiger partial charge in [0.15, 0.2) is 0 Å². The monoisotopic (exact) mass is 237 g/mol. The summed E-state index contributed by atoms with van der Waals surface area (Å²) in [6.07, 6.45) is 9.45. The Hall–Kier alpha value is -0.800. The van der Waals surface area contributed by atoms with Gasteiger partial charge in [-0.25, -0.2) is 0 Å². The molecule has 1 aliphatic rings. The molecule has 2 rings (SSSR count). The Kier molecular flexibility index (Phi) is 4.24. The molecule has 0 aromatic carbocycles. The lowest BCUT2D eigenvalue weighted by Gasteiger charge is -2.37. The van der Waals surface area contributed by atoms with E-state index in [2.05, 4.69) is 12.2 Å². The Balaban J connectivity index is 2.09. The normalized spacial score (nSPS) is 20.6. The number of hydrogen-bond acceptors (Lipinski definition) is 3. The van der Waals surface area contributed by atoms with Gasteiger partial charge >= 0.3 is 0 Å². The number of nitrogens with one attached hydrogen (secondary N) is 1. The van der Waals surface area contributed by atoms with Gasteiger partial charge in [-0.1, -0.05) is 19.8 Å². The molecule has 1 heterocycles. The van der Waals surface area contributed by atoms with Crippen molar-refractivity contribution in [2.45, 2.75) is 50.7 Å². The average molecular weight is 237 g/mol. The fourth-order valence-electron chi connectivity index (χ4n) is 3.00. The van der Waals surface area contributed by atoms with E-state index in [4.69, 9.17) is 9.15 Å². The minimum atomic E-state index is 0.0211. The van der Waals surface area contributed by atoms with E-state index in [1.165, 1.54) is 31.2 Å². The molecule has 1 unspecified atom stereocenters. The molecule has 1 aromatic heterocycles. The second-order valence-electron chi connectivity index (χ2n) is 4.92. The Morgan fingerprint density at radius 1 is 1.47 bits per heavy atom. The van der Waals surface area contributed by atoms with Gasteiger partial charge in [-0.2, -0.15) is 0 Å². The van der Waals surface area contributed by atoms with Crippen LogP contribution in [0.3, 0.4) is 0 Å². The molecule has 1 N–H and O–H groups in total. The predicted molar refractivity (Wildman–Crippen MR) is 68.1 cm³/mol. The van der Waals surface area contributed by atoms with Crippen LogP contribution < -0.4 is 5.32 Å². The number of furan rings is 1. The van der Waals surface area contributed by atoms with Gasteiger partial charge in [-0.05, 0) is 37.4 Å². The Morgan fingerprint density at radius 3 is 2.76 bits per heavy atom. The molecule has 3 heteroatoms. The summed E-state index contributed by atoms with van der Waals surface area (Å²) < 4.78 is 11.0. The van der Waals surface area contributed by atoms with Crippen molar-refractivity contribution in [2.24, 2.45) is 0 Å². The van der Waals surface area contributed by atoms with Gasteiger partial charge in [0.05, 0.1) is 18.1 Å². The Morgan fingerprint density at radius 2 is 2.24 bits per heavy atom. The fraction of sp³-hybridized carbons (Fsp3) is 0.714. The van der Waals surface area contributed by atoms with E-state index in [9.17, 15) is 0 Å². The zero-order valence-corrected chi connectivity index (χ0v) is 10.9. The molecule has 1 aliphatic carbocycles. The highest BCUT2D eigenvalue weighted by molar-refractivity contribution is 5.11. The molecule has 1 atom stereocenters. The SMILES string of the molecule is CCNC(Cc1ccoc1)C1(OC)CCCC1. The van der Waals surface area contributed by atoms with Crippen molar-refractivity contribution < 1.29 is 9.15 Å². The lowest BCUT2D eigenvalue weighted by molar-refractivity contribution is -0.0351. The van der Waals surface area contributed by atoms with E-state index >= 15 is 0 Å². The minimum absolute atomic E-state index is 0.0211. The molecule has 0 saturated heterocycles. The molecule has 96 valence electrons. The average Bonchev–Trinajstić information content (AvgIpc) is 3.00. The number of rotatable bonds is 6. The third-order valence-electron chi connectivity index (χ3n) is 3.96. The standard InChI is InChI=1S/C14H23NO2/c1-3-15-13(10-12-6-9-17-11-12)14(16-2)7-4-5-8-14/h6,9,11,13,15H,3-5,7-8,10H2,1-2H3. The van der Waals surface area contributed by atoms with Crippen molar-refractivity contribution in [3.8, 4) is 0 Å². The molecule has 0 radical (unpaired) electrons. The minimum Gasteiger partial charge on any atom is -0.472 e. The summed E-state index contributed by atoms with van der Waals surface area (Å²) in [5, 5.41) is 3.59. The highest BCUT2D eigenvalue weighted by Crippen LogP contribution is 2.36. The predicted octanol–water partition coefficient (Wildman–Crippen LogP) is 2.76. The molecule has 3 nitrogen and oxygen atoms in total.